The molecule has 1 unspecified atom stereocenters. The molecule has 176 valence electrons. The largest absolute Gasteiger partial charge is 0.480 e. The summed E-state index contributed by atoms with van der Waals surface area (Å²) in [6, 6.07) is 0.591. The zero-order valence-electron chi connectivity index (χ0n) is 20.0. The fourth-order valence-electron chi connectivity index (χ4n) is 3.93. The van der Waals surface area contributed by atoms with Crippen LogP contribution < -0.4 is 4.90 Å². The van der Waals surface area contributed by atoms with Crippen LogP contribution in [0.2, 0.25) is 0 Å². The maximum Gasteiger partial charge on any atom is 0.350 e. The molecule has 0 radical (unpaired) electrons. The van der Waals surface area contributed by atoms with Gasteiger partial charge >= 0.3 is 11.9 Å². The number of carbonyl (C=O) groups is 3. The summed E-state index contributed by atoms with van der Waals surface area (Å²) in [4.78, 5) is 40.2. The molecule has 1 heterocycles. The monoisotopic (exact) mass is 461 g/mol. The van der Waals surface area contributed by atoms with Crippen LogP contribution in [0.5, 0.6) is 0 Å². The molecule has 1 atom stereocenters. The van der Waals surface area contributed by atoms with Crippen molar-refractivity contribution in [2.75, 3.05) is 12.0 Å². The van der Waals surface area contributed by atoms with Crippen molar-refractivity contribution in [1.82, 2.24) is 0 Å². The Morgan fingerprint density at radius 2 is 1.88 bits per heavy atom. The van der Waals surface area contributed by atoms with E-state index in [1.54, 1.807) is 13.0 Å². The normalized spacial score (nSPS) is 19.4. The molecule has 0 bridgehead atoms. The predicted octanol–water partition coefficient (Wildman–Crippen LogP) is 5.34. The molecule has 1 N–H and O–H groups in total. The van der Waals surface area contributed by atoms with Crippen molar-refractivity contribution in [1.29, 1.82) is 0 Å². The Labute approximate surface area is 195 Å². The quantitative estimate of drug-likeness (QED) is 0.437. The van der Waals surface area contributed by atoms with Gasteiger partial charge in [-0.25, -0.2) is 9.59 Å². The molecule has 0 aliphatic heterocycles. The number of methoxy groups -OCH3 is 1. The van der Waals surface area contributed by atoms with E-state index in [4.69, 9.17) is 4.74 Å². The molecular weight excluding hydrogens is 426 g/mol. The molecular formula is C25H35NO5S. The van der Waals surface area contributed by atoms with E-state index in [1.165, 1.54) is 12.0 Å². The second-order valence-corrected chi connectivity index (χ2v) is 10.7. The molecule has 0 spiro atoms. The van der Waals surface area contributed by atoms with Crippen LogP contribution in [-0.2, 0) is 14.3 Å². The van der Waals surface area contributed by atoms with E-state index in [2.05, 4.69) is 18.8 Å². The first kappa shape index (κ1) is 25.9. The number of rotatable bonds is 7. The first-order valence-corrected chi connectivity index (χ1v) is 12.1. The van der Waals surface area contributed by atoms with Crippen molar-refractivity contribution in [2.45, 2.75) is 79.2 Å². The Balaban J connectivity index is 2.50. The number of amides is 1. The highest BCUT2D eigenvalue weighted by Gasteiger charge is 2.35. The predicted molar refractivity (Wildman–Crippen MR) is 127 cm³/mol. The van der Waals surface area contributed by atoms with Crippen molar-refractivity contribution in [3.8, 4) is 11.8 Å². The lowest BCUT2D eigenvalue weighted by Crippen LogP contribution is -2.46. The molecule has 0 aromatic carbocycles. The second-order valence-electron chi connectivity index (χ2n) is 9.67. The van der Waals surface area contributed by atoms with Gasteiger partial charge in [-0.1, -0.05) is 38.5 Å². The van der Waals surface area contributed by atoms with Crippen LogP contribution in [0.15, 0.2) is 6.07 Å². The van der Waals surface area contributed by atoms with E-state index in [-0.39, 0.29) is 40.6 Å². The van der Waals surface area contributed by atoms with Crippen molar-refractivity contribution in [3.05, 3.63) is 15.8 Å². The molecule has 1 aliphatic carbocycles. The number of carbonyl (C=O) groups excluding carboxylic acids is 2. The van der Waals surface area contributed by atoms with Crippen molar-refractivity contribution in [3.63, 3.8) is 0 Å². The summed E-state index contributed by atoms with van der Waals surface area (Å²) in [6.45, 7) is 9.89. The number of carboxylic acids is 1. The van der Waals surface area contributed by atoms with Gasteiger partial charge in [0.25, 0.3) is 0 Å². The second kappa shape index (κ2) is 11.0. The third kappa shape index (κ3) is 6.83. The molecule has 0 saturated heterocycles. The standard InChI is InChI=1S/C25H35NO5S/c1-7-19(23(28)29)26(21(27)14-17-10-8-16(2)9-11-17)20-15-18(12-13-25(3,4)5)32-22(20)24(30)31-6/h15-17,19H,7-11,14H2,1-6H3,(H,28,29). The van der Waals surface area contributed by atoms with Gasteiger partial charge in [-0.2, -0.15) is 0 Å². The first-order chi connectivity index (χ1) is 15.0. The molecule has 32 heavy (non-hydrogen) atoms. The summed E-state index contributed by atoms with van der Waals surface area (Å²) in [5, 5.41) is 9.86. The van der Waals surface area contributed by atoms with Gasteiger partial charge in [0.05, 0.1) is 17.7 Å². The van der Waals surface area contributed by atoms with Gasteiger partial charge in [0, 0.05) is 11.8 Å². The minimum Gasteiger partial charge on any atom is -0.480 e. The fourth-order valence-corrected chi connectivity index (χ4v) is 4.85. The third-order valence-corrected chi connectivity index (χ3v) is 6.77. The van der Waals surface area contributed by atoms with E-state index in [9.17, 15) is 19.5 Å². The topological polar surface area (TPSA) is 83.9 Å². The van der Waals surface area contributed by atoms with Crippen LogP contribution in [-0.4, -0.2) is 36.1 Å². The highest BCUT2D eigenvalue weighted by Crippen LogP contribution is 2.36. The molecule has 1 aromatic rings. The Bertz CT molecular complexity index is 894. The lowest BCUT2D eigenvalue weighted by molar-refractivity contribution is -0.140. The van der Waals surface area contributed by atoms with Crippen LogP contribution in [0.25, 0.3) is 0 Å². The van der Waals surface area contributed by atoms with Gasteiger partial charge in [0.2, 0.25) is 5.91 Å². The van der Waals surface area contributed by atoms with Crippen LogP contribution in [0.4, 0.5) is 5.69 Å². The van der Waals surface area contributed by atoms with Crippen molar-refractivity contribution >= 4 is 34.9 Å². The maximum absolute atomic E-state index is 13.5. The lowest BCUT2D eigenvalue weighted by atomic mass is 9.81. The van der Waals surface area contributed by atoms with Crippen molar-refractivity contribution < 1.29 is 24.2 Å². The Kier molecular flexibility index (Phi) is 8.91. The SMILES string of the molecule is CCC(C(=O)O)N(C(=O)CC1CCC(C)CC1)c1cc(C#CC(C)(C)C)sc1C(=O)OC. The molecule has 1 fully saturated rings. The third-order valence-electron chi connectivity index (χ3n) is 5.75. The zero-order chi connectivity index (χ0) is 24.1. The highest BCUT2D eigenvalue weighted by molar-refractivity contribution is 7.15. The molecule has 6 nitrogen and oxygen atoms in total. The van der Waals surface area contributed by atoms with Gasteiger partial charge < -0.3 is 9.84 Å². The van der Waals surface area contributed by atoms with Gasteiger partial charge in [0.15, 0.2) is 0 Å². The summed E-state index contributed by atoms with van der Waals surface area (Å²) >= 11 is 1.13. The van der Waals surface area contributed by atoms with E-state index in [0.717, 1.165) is 37.0 Å². The van der Waals surface area contributed by atoms with E-state index < -0.39 is 18.0 Å². The maximum atomic E-state index is 13.5. The van der Waals surface area contributed by atoms with Crippen LogP contribution in [0, 0.1) is 29.1 Å². The number of hydrogen-bond acceptors (Lipinski definition) is 5. The summed E-state index contributed by atoms with van der Waals surface area (Å²) in [7, 11) is 1.27. The Hall–Kier alpha value is -2.33. The smallest absolute Gasteiger partial charge is 0.350 e. The van der Waals surface area contributed by atoms with Gasteiger partial charge in [-0.15, -0.1) is 11.3 Å². The number of esters is 1. The van der Waals surface area contributed by atoms with Crippen LogP contribution >= 0.6 is 11.3 Å². The molecule has 1 amide bonds. The Morgan fingerprint density at radius 1 is 1.25 bits per heavy atom. The van der Waals surface area contributed by atoms with Crippen LogP contribution in [0.3, 0.4) is 0 Å². The number of aliphatic carboxylic acids is 1. The minimum atomic E-state index is -1.09. The highest BCUT2D eigenvalue weighted by atomic mass is 32.1. The number of thiophene rings is 1. The van der Waals surface area contributed by atoms with E-state index >= 15 is 0 Å². The number of ether oxygens (including phenoxy) is 1. The van der Waals surface area contributed by atoms with Gasteiger partial charge in [-0.05, 0) is 57.9 Å². The number of hydrogen-bond donors (Lipinski definition) is 1. The average molecular weight is 462 g/mol. The average Bonchev–Trinajstić information content (AvgIpc) is 3.14. The molecule has 1 saturated carbocycles. The number of carboxylic acid groups (broad SMARTS) is 1. The summed E-state index contributed by atoms with van der Waals surface area (Å²) in [5.74, 6) is 5.12. The Morgan fingerprint density at radius 3 is 2.38 bits per heavy atom. The molecule has 7 heteroatoms. The fraction of sp³-hybridized carbons (Fsp3) is 0.640. The van der Waals surface area contributed by atoms with E-state index in [1.807, 2.05) is 20.8 Å². The minimum absolute atomic E-state index is 0.205. The lowest BCUT2D eigenvalue weighted by Gasteiger charge is -2.31. The van der Waals surface area contributed by atoms with Crippen LogP contribution in [0.1, 0.15) is 87.7 Å². The van der Waals surface area contributed by atoms with Gasteiger partial charge in [0.1, 0.15) is 10.9 Å². The molecule has 2 rings (SSSR count). The van der Waals surface area contributed by atoms with Gasteiger partial charge in [-0.3, -0.25) is 9.69 Å². The summed E-state index contributed by atoms with van der Waals surface area (Å²) in [5.41, 5.74) is 0.0412. The number of anilines is 1. The van der Waals surface area contributed by atoms with E-state index in [0.29, 0.717) is 10.8 Å². The number of nitrogens with zero attached hydrogens (tertiary/aromatic N) is 1. The zero-order valence-corrected chi connectivity index (χ0v) is 20.8. The molecule has 1 aliphatic rings. The summed E-state index contributed by atoms with van der Waals surface area (Å²) < 4.78 is 4.94. The molecule has 1 aromatic heterocycles. The van der Waals surface area contributed by atoms with Crippen molar-refractivity contribution in [2.24, 2.45) is 17.3 Å². The summed E-state index contributed by atoms with van der Waals surface area (Å²) in [6.07, 6.45) is 4.57. The first-order valence-electron chi connectivity index (χ1n) is 11.3.